The molecule has 114 valence electrons. The van der Waals surface area contributed by atoms with Gasteiger partial charge in [-0.2, -0.15) is 0 Å². The molecule has 2 aromatic carbocycles. The Morgan fingerprint density at radius 1 is 0.955 bits per heavy atom. The first-order chi connectivity index (χ1) is 10.7. The highest BCUT2D eigenvalue weighted by Gasteiger charge is 2.34. The van der Waals surface area contributed by atoms with Crippen LogP contribution >= 0.6 is 23.2 Å². The van der Waals surface area contributed by atoms with E-state index in [1.54, 1.807) is 0 Å². The fraction of sp³-hybridized carbons (Fsp3) is 0.333. The third kappa shape index (κ3) is 2.40. The predicted octanol–water partition coefficient (Wildman–Crippen LogP) is 4.92. The SMILES string of the molecule is Clc1ccc(Cl)c(-c2cccc3c2[C@H]2CCNCC[C@@H]2N3)c1. The number of fused-ring (bicyclic) bond motifs is 3. The second-order valence-electron chi connectivity index (χ2n) is 6.08. The monoisotopic (exact) mass is 332 g/mol. The summed E-state index contributed by atoms with van der Waals surface area (Å²) in [7, 11) is 0. The lowest BCUT2D eigenvalue weighted by atomic mass is 9.86. The summed E-state index contributed by atoms with van der Waals surface area (Å²) in [5.41, 5.74) is 4.91. The summed E-state index contributed by atoms with van der Waals surface area (Å²) in [6.45, 7) is 2.15. The lowest BCUT2D eigenvalue weighted by molar-refractivity contribution is 0.579. The lowest BCUT2D eigenvalue weighted by Crippen LogP contribution is -2.21. The molecular weight excluding hydrogens is 315 g/mol. The van der Waals surface area contributed by atoms with Gasteiger partial charge in [0.25, 0.3) is 0 Å². The molecule has 0 spiro atoms. The molecule has 0 unspecified atom stereocenters. The van der Waals surface area contributed by atoms with E-state index in [1.807, 2.05) is 18.2 Å². The Morgan fingerprint density at radius 2 is 1.82 bits per heavy atom. The first kappa shape index (κ1) is 14.4. The molecule has 0 saturated carbocycles. The largest absolute Gasteiger partial charge is 0.381 e. The van der Waals surface area contributed by atoms with Crippen molar-refractivity contribution < 1.29 is 0 Å². The van der Waals surface area contributed by atoms with Crippen LogP contribution in [-0.4, -0.2) is 19.1 Å². The highest BCUT2D eigenvalue weighted by molar-refractivity contribution is 6.35. The second-order valence-corrected chi connectivity index (χ2v) is 6.92. The van der Waals surface area contributed by atoms with Gasteiger partial charge in [0.05, 0.1) is 0 Å². The van der Waals surface area contributed by atoms with Gasteiger partial charge in [-0.05, 0) is 61.3 Å². The van der Waals surface area contributed by atoms with Crippen LogP contribution in [0.5, 0.6) is 0 Å². The van der Waals surface area contributed by atoms with E-state index < -0.39 is 0 Å². The molecule has 4 heteroatoms. The zero-order chi connectivity index (χ0) is 15.1. The van der Waals surface area contributed by atoms with Crippen molar-refractivity contribution in [2.45, 2.75) is 24.8 Å². The molecule has 2 atom stereocenters. The number of halogens is 2. The van der Waals surface area contributed by atoms with Crippen molar-refractivity contribution in [3.05, 3.63) is 52.0 Å². The molecule has 2 N–H and O–H groups in total. The zero-order valence-electron chi connectivity index (χ0n) is 12.2. The van der Waals surface area contributed by atoms with Gasteiger partial charge < -0.3 is 10.6 Å². The molecule has 2 nitrogen and oxygen atoms in total. The highest BCUT2D eigenvalue weighted by atomic mass is 35.5. The minimum absolute atomic E-state index is 0.518. The van der Waals surface area contributed by atoms with Crippen molar-refractivity contribution in [3.8, 4) is 11.1 Å². The number of rotatable bonds is 1. The van der Waals surface area contributed by atoms with Crippen LogP contribution in [0.3, 0.4) is 0 Å². The maximum absolute atomic E-state index is 6.45. The minimum Gasteiger partial charge on any atom is -0.381 e. The quantitative estimate of drug-likeness (QED) is 0.774. The molecule has 2 aliphatic rings. The Bertz CT molecular complexity index is 714. The third-order valence-electron chi connectivity index (χ3n) is 4.79. The fourth-order valence-corrected chi connectivity index (χ4v) is 4.18. The maximum Gasteiger partial charge on any atom is 0.0485 e. The topological polar surface area (TPSA) is 24.1 Å². The van der Waals surface area contributed by atoms with Gasteiger partial charge in [-0.25, -0.2) is 0 Å². The van der Waals surface area contributed by atoms with Gasteiger partial charge in [-0.1, -0.05) is 35.3 Å². The molecule has 4 rings (SSSR count). The van der Waals surface area contributed by atoms with Gasteiger partial charge in [0.15, 0.2) is 0 Å². The molecule has 2 aliphatic heterocycles. The summed E-state index contributed by atoms with van der Waals surface area (Å²) in [6.07, 6.45) is 2.31. The summed E-state index contributed by atoms with van der Waals surface area (Å²) in [6, 6.07) is 12.7. The van der Waals surface area contributed by atoms with Crippen LogP contribution in [-0.2, 0) is 0 Å². The molecule has 0 aromatic heterocycles. The minimum atomic E-state index is 0.518. The van der Waals surface area contributed by atoms with Crippen molar-refractivity contribution in [1.29, 1.82) is 0 Å². The summed E-state index contributed by atoms with van der Waals surface area (Å²) >= 11 is 12.6. The molecule has 0 radical (unpaired) electrons. The van der Waals surface area contributed by atoms with E-state index in [2.05, 4.69) is 28.8 Å². The first-order valence-electron chi connectivity index (χ1n) is 7.79. The van der Waals surface area contributed by atoms with Crippen molar-refractivity contribution in [1.82, 2.24) is 5.32 Å². The van der Waals surface area contributed by atoms with E-state index in [-0.39, 0.29) is 0 Å². The van der Waals surface area contributed by atoms with Crippen LogP contribution in [0.1, 0.15) is 24.3 Å². The van der Waals surface area contributed by atoms with Crippen molar-refractivity contribution >= 4 is 28.9 Å². The standard InChI is InChI=1S/C18H18Cl2N2/c19-11-4-5-15(20)14(10-11)12-2-1-3-17-18(12)13-6-8-21-9-7-16(13)22-17/h1-5,10,13,16,21-22H,6-9H2/t13-,16-/m0/s1. The molecule has 2 heterocycles. The summed E-state index contributed by atoms with van der Waals surface area (Å²) in [5.74, 6) is 0.538. The van der Waals surface area contributed by atoms with Crippen LogP contribution < -0.4 is 10.6 Å². The Morgan fingerprint density at radius 3 is 2.73 bits per heavy atom. The van der Waals surface area contributed by atoms with Crippen LogP contribution in [0.2, 0.25) is 10.0 Å². The maximum atomic E-state index is 6.45. The smallest absolute Gasteiger partial charge is 0.0485 e. The summed E-state index contributed by atoms with van der Waals surface area (Å²) in [4.78, 5) is 0. The van der Waals surface area contributed by atoms with Gasteiger partial charge in [-0.15, -0.1) is 0 Å². The Hall–Kier alpha value is -1.22. The molecule has 0 amide bonds. The molecule has 1 fully saturated rings. The zero-order valence-corrected chi connectivity index (χ0v) is 13.7. The number of benzene rings is 2. The average Bonchev–Trinajstić information content (AvgIpc) is 2.72. The van der Waals surface area contributed by atoms with E-state index in [0.29, 0.717) is 12.0 Å². The van der Waals surface area contributed by atoms with E-state index in [4.69, 9.17) is 23.2 Å². The lowest BCUT2D eigenvalue weighted by Gasteiger charge is -2.18. The van der Waals surface area contributed by atoms with Crippen molar-refractivity contribution in [2.24, 2.45) is 0 Å². The summed E-state index contributed by atoms with van der Waals surface area (Å²) < 4.78 is 0. The molecular formula is C18H18Cl2N2. The van der Waals surface area contributed by atoms with Crippen LogP contribution in [0, 0.1) is 0 Å². The summed E-state index contributed by atoms with van der Waals surface area (Å²) in [5, 5.41) is 8.69. The number of hydrogen-bond acceptors (Lipinski definition) is 2. The van der Waals surface area contributed by atoms with E-state index >= 15 is 0 Å². The van der Waals surface area contributed by atoms with Gasteiger partial charge >= 0.3 is 0 Å². The van der Waals surface area contributed by atoms with Crippen LogP contribution in [0.4, 0.5) is 5.69 Å². The van der Waals surface area contributed by atoms with E-state index in [1.165, 1.54) is 16.8 Å². The van der Waals surface area contributed by atoms with Crippen molar-refractivity contribution in [3.63, 3.8) is 0 Å². The van der Waals surface area contributed by atoms with E-state index in [9.17, 15) is 0 Å². The normalized spacial score (nSPS) is 23.4. The van der Waals surface area contributed by atoms with Crippen LogP contribution in [0.25, 0.3) is 11.1 Å². The molecule has 0 aliphatic carbocycles. The second kappa shape index (κ2) is 5.77. The number of hydrogen-bond donors (Lipinski definition) is 2. The molecule has 1 saturated heterocycles. The van der Waals surface area contributed by atoms with Gasteiger partial charge in [0.2, 0.25) is 0 Å². The van der Waals surface area contributed by atoms with E-state index in [0.717, 1.165) is 41.5 Å². The van der Waals surface area contributed by atoms with Crippen molar-refractivity contribution in [2.75, 3.05) is 18.4 Å². The van der Waals surface area contributed by atoms with Gasteiger partial charge in [-0.3, -0.25) is 0 Å². The fourth-order valence-electron chi connectivity index (χ4n) is 3.79. The number of nitrogens with one attached hydrogen (secondary N) is 2. The molecule has 22 heavy (non-hydrogen) atoms. The first-order valence-corrected chi connectivity index (χ1v) is 8.55. The highest BCUT2D eigenvalue weighted by Crippen LogP contribution is 2.46. The Balaban J connectivity index is 1.86. The van der Waals surface area contributed by atoms with Gasteiger partial charge in [0.1, 0.15) is 0 Å². The third-order valence-corrected chi connectivity index (χ3v) is 5.35. The average molecular weight is 333 g/mol. The Labute approximate surface area is 140 Å². The predicted molar refractivity (Wildman–Crippen MR) is 94.2 cm³/mol. The molecule has 2 aromatic rings. The number of anilines is 1. The van der Waals surface area contributed by atoms with Gasteiger partial charge in [0, 0.05) is 33.3 Å². The van der Waals surface area contributed by atoms with Crippen LogP contribution in [0.15, 0.2) is 36.4 Å². The Kier molecular flexibility index (Phi) is 3.77. The molecule has 0 bridgehead atoms.